The van der Waals surface area contributed by atoms with Crippen molar-refractivity contribution < 1.29 is 4.79 Å². The summed E-state index contributed by atoms with van der Waals surface area (Å²) in [7, 11) is 0. The van der Waals surface area contributed by atoms with Gasteiger partial charge in [-0.25, -0.2) is 10.1 Å². The molecule has 7 heteroatoms. The van der Waals surface area contributed by atoms with Crippen LogP contribution >= 0.6 is 0 Å². The molecule has 1 aromatic heterocycles. The van der Waals surface area contributed by atoms with E-state index in [1.807, 2.05) is 36.5 Å². The standard InChI is InChI=1S/C19H18N6O/c20-17-10-8-16(9-11-17)19(26)23-21-12-4-7-18-14-25(24-22-18)13-15-5-2-1-3-6-15/h1-12,14H,13,20H2,(H,23,26)/b7-4+,21-12-. The average Bonchev–Trinajstić information content (AvgIpc) is 3.10. The topological polar surface area (TPSA) is 98.2 Å². The van der Waals surface area contributed by atoms with E-state index in [1.165, 1.54) is 6.21 Å². The van der Waals surface area contributed by atoms with Crippen molar-refractivity contribution in [3.63, 3.8) is 0 Å². The van der Waals surface area contributed by atoms with Crippen LogP contribution in [0.2, 0.25) is 0 Å². The lowest BCUT2D eigenvalue weighted by Gasteiger charge is -1.99. The van der Waals surface area contributed by atoms with Crippen molar-refractivity contribution >= 4 is 23.9 Å². The second kappa shape index (κ2) is 8.39. The van der Waals surface area contributed by atoms with Crippen molar-refractivity contribution in [3.8, 4) is 0 Å². The van der Waals surface area contributed by atoms with Crippen LogP contribution in [0.4, 0.5) is 5.69 Å². The molecule has 0 unspecified atom stereocenters. The molecule has 7 nitrogen and oxygen atoms in total. The van der Waals surface area contributed by atoms with E-state index in [-0.39, 0.29) is 5.91 Å². The van der Waals surface area contributed by atoms with Crippen LogP contribution in [-0.4, -0.2) is 27.1 Å². The van der Waals surface area contributed by atoms with Gasteiger partial charge in [0.15, 0.2) is 0 Å². The molecular formula is C19H18N6O. The number of nitrogens with zero attached hydrogens (tertiary/aromatic N) is 4. The summed E-state index contributed by atoms with van der Waals surface area (Å²) in [6.07, 6.45) is 6.75. The van der Waals surface area contributed by atoms with Crippen LogP contribution in [-0.2, 0) is 6.54 Å². The largest absolute Gasteiger partial charge is 0.399 e. The average molecular weight is 346 g/mol. The second-order valence-corrected chi connectivity index (χ2v) is 5.53. The van der Waals surface area contributed by atoms with Crippen LogP contribution < -0.4 is 11.2 Å². The third-order valence-corrected chi connectivity index (χ3v) is 3.51. The van der Waals surface area contributed by atoms with E-state index >= 15 is 0 Å². The molecule has 2 aromatic carbocycles. The molecule has 0 fully saturated rings. The monoisotopic (exact) mass is 346 g/mol. The first-order chi connectivity index (χ1) is 12.7. The van der Waals surface area contributed by atoms with Gasteiger partial charge >= 0.3 is 0 Å². The summed E-state index contributed by atoms with van der Waals surface area (Å²) in [6, 6.07) is 16.6. The van der Waals surface area contributed by atoms with Gasteiger partial charge in [0.2, 0.25) is 0 Å². The van der Waals surface area contributed by atoms with E-state index in [1.54, 1.807) is 41.1 Å². The second-order valence-electron chi connectivity index (χ2n) is 5.53. The van der Waals surface area contributed by atoms with Crippen LogP contribution in [0, 0.1) is 0 Å². The molecule has 1 amide bonds. The fraction of sp³-hybridized carbons (Fsp3) is 0.0526. The van der Waals surface area contributed by atoms with E-state index < -0.39 is 0 Å². The number of carbonyl (C=O) groups is 1. The smallest absolute Gasteiger partial charge is 0.271 e. The lowest BCUT2D eigenvalue weighted by molar-refractivity contribution is 0.0955. The lowest BCUT2D eigenvalue weighted by atomic mass is 10.2. The normalized spacial score (nSPS) is 11.2. The third kappa shape index (κ3) is 4.88. The Bertz CT molecular complexity index is 913. The fourth-order valence-electron chi connectivity index (χ4n) is 2.22. The number of nitrogen functional groups attached to an aromatic ring is 1. The Morgan fingerprint density at radius 3 is 2.69 bits per heavy atom. The number of hydrogen-bond acceptors (Lipinski definition) is 5. The van der Waals surface area contributed by atoms with Gasteiger partial charge in [0.1, 0.15) is 5.69 Å². The van der Waals surface area contributed by atoms with Crippen molar-refractivity contribution in [2.24, 2.45) is 5.10 Å². The molecular weight excluding hydrogens is 328 g/mol. The molecule has 0 saturated heterocycles. The van der Waals surface area contributed by atoms with Crippen LogP contribution in [0.15, 0.2) is 72.0 Å². The first-order valence-electron chi connectivity index (χ1n) is 8.00. The summed E-state index contributed by atoms with van der Waals surface area (Å²) >= 11 is 0. The predicted molar refractivity (Wildman–Crippen MR) is 101 cm³/mol. The number of nitrogens with one attached hydrogen (secondary N) is 1. The molecule has 3 aromatic rings. The van der Waals surface area contributed by atoms with E-state index in [0.29, 0.717) is 23.5 Å². The minimum Gasteiger partial charge on any atom is -0.399 e. The van der Waals surface area contributed by atoms with Crippen molar-refractivity contribution in [1.82, 2.24) is 20.4 Å². The molecule has 0 atom stereocenters. The number of carbonyl (C=O) groups excluding carboxylic acids is 1. The molecule has 1 heterocycles. The Hall–Kier alpha value is -3.74. The highest BCUT2D eigenvalue weighted by Crippen LogP contribution is 2.05. The number of allylic oxidation sites excluding steroid dienone is 1. The van der Waals surface area contributed by atoms with Gasteiger partial charge in [-0.05, 0) is 42.0 Å². The number of hydrogen-bond donors (Lipinski definition) is 2. The highest BCUT2D eigenvalue weighted by molar-refractivity contribution is 5.95. The Kier molecular flexibility index (Phi) is 5.51. The van der Waals surface area contributed by atoms with E-state index in [9.17, 15) is 4.79 Å². The maximum absolute atomic E-state index is 11.9. The molecule has 3 N–H and O–H groups in total. The Balaban J connectivity index is 1.50. The Labute approximate surface area is 150 Å². The Morgan fingerprint density at radius 2 is 1.92 bits per heavy atom. The molecule has 0 saturated carbocycles. The van der Waals surface area contributed by atoms with Gasteiger partial charge in [0.05, 0.1) is 12.7 Å². The first kappa shape index (κ1) is 17.1. The zero-order valence-corrected chi connectivity index (χ0v) is 14.0. The van der Waals surface area contributed by atoms with Gasteiger partial charge in [-0.1, -0.05) is 35.5 Å². The zero-order valence-electron chi connectivity index (χ0n) is 14.0. The van der Waals surface area contributed by atoms with Gasteiger partial charge in [-0.15, -0.1) is 5.10 Å². The summed E-state index contributed by atoms with van der Waals surface area (Å²) in [5.41, 5.74) is 11.0. The molecule has 0 spiro atoms. The molecule has 0 aliphatic rings. The minimum absolute atomic E-state index is 0.302. The van der Waals surface area contributed by atoms with E-state index in [2.05, 4.69) is 20.8 Å². The van der Waals surface area contributed by atoms with Crippen LogP contribution in [0.1, 0.15) is 21.6 Å². The van der Waals surface area contributed by atoms with Crippen molar-refractivity contribution in [2.45, 2.75) is 6.54 Å². The summed E-state index contributed by atoms with van der Waals surface area (Å²) in [5, 5.41) is 12.0. The number of nitrogens with two attached hydrogens (primary N) is 1. The number of anilines is 1. The number of amides is 1. The number of benzene rings is 2. The van der Waals surface area contributed by atoms with E-state index in [0.717, 1.165) is 5.56 Å². The van der Waals surface area contributed by atoms with E-state index in [4.69, 9.17) is 5.73 Å². The number of hydrazone groups is 1. The van der Waals surface area contributed by atoms with Crippen molar-refractivity contribution in [2.75, 3.05) is 5.73 Å². The molecule has 0 aliphatic heterocycles. The summed E-state index contributed by atoms with van der Waals surface area (Å²) < 4.78 is 1.76. The molecule has 0 radical (unpaired) electrons. The Morgan fingerprint density at radius 1 is 1.15 bits per heavy atom. The zero-order chi connectivity index (χ0) is 18.2. The van der Waals surface area contributed by atoms with Crippen LogP contribution in [0.3, 0.4) is 0 Å². The predicted octanol–water partition coefficient (Wildman–Crippen LogP) is 2.34. The van der Waals surface area contributed by atoms with Crippen LogP contribution in [0.25, 0.3) is 6.08 Å². The maximum atomic E-state index is 11.9. The van der Waals surface area contributed by atoms with Gasteiger partial charge in [0, 0.05) is 17.5 Å². The fourth-order valence-corrected chi connectivity index (χ4v) is 2.22. The summed E-state index contributed by atoms with van der Waals surface area (Å²) in [4.78, 5) is 11.9. The number of aromatic nitrogens is 3. The van der Waals surface area contributed by atoms with Crippen molar-refractivity contribution in [3.05, 3.63) is 83.7 Å². The highest BCUT2D eigenvalue weighted by atomic mass is 16.2. The minimum atomic E-state index is -0.302. The van der Waals surface area contributed by atoms with Gasteiger partial charge in [-0.2, -0.15) is 5.10 Å². The molecule has 0 aliphatic carbocycles. The van der Waals surface area contributed by atoms with Gasteiger partial charge in [0.25, 0.3) is 5.91 Å². The van der Waals surface area contributed by atoms with Crippen molar-refractivity contribution in [1.29, 1.82) is 0 Å². The molecule has 0 bridgehead atoms. The third-order valence-electron chi connectivity index (χ3n) is 3.51. The van der Waals surface area contributed by atoms with Crippen LogP contribution in [0.5, 0.6) is 0 Å². The maximum Gasteiger partial charge on any atom is 0.271 e. The SMILES string of the molecule is Nc1ccc(C(=O)N/N=C\C=C\c2cn(Cc3ccccc3)nn2)cc1. The summed E-state index contributed by atoms with van der Waals surface area (Å²) in [6.45, 7) is 0.660. The molecule has 26 heavy (non-hydrogen) atoms. The molecule has 130 valence electrons. The summed E-state index contributed by atoms with van der Waals surface area (Å²) in [5.74, 6) is -0.302. The first-order valence-corrected chi connectivity index (χ1v) is 8.00. The van der Waals surface area contributed by atoms with Gasteiger partial charge < -0.3 is 5.73 Å². The quantitative estimate of drug-likeness (QED) is 0.406. The molecule has 3 rings (SSSR count). The number of rotatable bonds is 6. The highest BCUT2D eigenvalue weighted by Gasteiger charge is 2.02. The van der Waals surface area contributed by atoms with Gasteiger partial charge in [-0.3, -0.25) is 4.79 Å². The lowest BCUT2D eigenvalue weighted by Crippen LogP contribution is -2.17.